The highest BCUT2D eigenvalue weighted by Gasteiger charge is 2.20. The Morgan fingerprint density at radius 3 is 2.00 bits per heavy atom. The van der Waals surface area contributed by atoms with Crippen molar-refractivity contribution >= 4 is 11.6 Å². The van der Waals surface area contributed by atoms with Gasteiger partial charge in [-0.1, -0.05) is 17.7 Å². The van der Waals surface area contributed by atoms with Crippen LogP contribution in [0, 0.1) is 31.3 Å². The number of rotatable bonds is 3. The Hall–Kier alpha value is -1.52. The van der Waals surface area contributed by atoms with Crippen molar-refractivity contribution in [3.63, 3.8) is 0 Å². The van der Waals surface area contributed by atoms with Gasteiger partial charge in [0, 0.05) is 5.02 Å². The van der Waals surface area contributed by atoms with Crippen LogP contribution < -0.4 is 5.32 Å². The maximum Gasteiger partial charge on any atom is 0.194 e. The first-order valence-corrected chi connectivity index (χ1v) is 6.81. The molecule has 0 aliphatic carbocycles. The zero-order valence-electron chi connectivity index (χ0n) is 11.9. The summed E-state index contributed by atoms with van der Waals surface area (Å²) in [6, 6.07) is 5.09. The van der Waals surface area contributed by atoms with Gasteiger partial charge in [0.15, 0.2) is 17.5 Å². The lowest BCUT2D eigenvalue weighted by Gasteiger charge is -2.20. The summed E-state index contributed by atoms with van der Waals surface area (Å²) in [6.45, 7) is 3.85. The lowest BCUT2D eigenvalue weighted by Crippen LogP contribution is -2.19. The van der Waals surface area contributed by atoms with Crippen molar-refractivity contribution in [1.29, 1.82) is 0 Å². The third-order valence-corrected chi connectivity index (χ3v) is 3.88. The second-order valence-corrected chi connectivity index (χ2v) is 5.39. The van der Waals surface area contributed by atoms with Crippen molar-refractivity contribution in [3.05, 3.63) is 69.0 Å². The third-order valence-electron chi connectivity index (χ3n) is 3.55. The Balaban J connectivity index is 2.57. The van der Waals surface area contributed by atoms with Crippen LogP contribution in [0.1, 0.15) is 28.3 Å². The van der Waals surface area contributed by atoms with E-state index in [4.69, 9.17) is 11.6 Å². The Kier molecular flexibility index (Phi) is 4.59. The minimum absolute atomic E-state index is 0.277. The molecule has 5 heteroatoms. The van der Waals surface area contributed by atoms with Crippen LogP contribution in [0.3, 0.4) is 0 Å². The van der Waals surface area contributed by atoms with E-state index in [1.54, 1.807) is 13.1 Å². The van der Waals surface area contributed by atoms with Crippen molar-refractivity contribution in [2.24, 2.45) is 0 Å². The average Bonchev–Trinajstić information content (AvgIpc) is 2.42. The van der Waals surface area contributed by atoms with Crippen LogP contribution in [0.5, 0.6) is 0 Å². The number of hydrogen-bond donors (Lipinski definition) is 1. The predicted octanol–water partition coefficient (Wildman–Crippen LogP) is 4.68. The van der Waals surface area contributed by atoms with Gasteiger partial charge < -0.3 is 5.32 Å². The minimum atomic E-state index is -1.47. The van der Waals surface area contributed by atoms with Crippen LogP contribution >= 0.6 is 11.6 Å². The van der Waals surface area contributed by atoms with Gasteiger partial charge in [-0.3, -0.25) is 0 Å². The fourth-order valence-corrected chi connectivity index (χ4v) is 2.60. The average molecular weight is 314 g/mol. The molecule has 2 aromatic carbocycles. The van der Waals surface area contributed by atoms with Gasteiger partial charge in [-0.2, -0.15) is 0 Å². The summed E-state index contributed by atoms with van der Waals surface area (Å²) in [6.07, 6.45) is 0. The van der Waals surface area contributed by atoms with Crippen LogP contribution in [-0.2, 0) is 0 Å². The molecule has 2 aromatic rings. The molecule has 1 unspecified atom stereocenters. The molecule has 112 valence electrons. The summed E-state index contributed by atoms with van der Waals surface area (Å²) < 4.78 is 39.9. The second kappa shape index (κ2) is 6.08. The molecule has 0 aliphatic heterocycles. The molecule has 0 amide bonds. The fourth-order valence-electron chi connectivity index (χ4n) is 2.27. The highest BCUT2D eigenvalue weighted by molar-refractivity contribution is 6.31. The Labute approximate surface area is 126 Å². The molecular formula is C16H15ClF3N. The third kappa shape index (κ3) is 3.06. The lowest BCUT2D eigenvalue weighted by atomic mass is 9.95. The van der Waals surface area contributed by atoms with Gasteiger partial charge in [-0.25, -0.2) is 13.2 Å². The number of halogens is 4. The van der Waals surface area contributed by atoms with Gasteiger partial charge in [0.2, 0.25) is 0 Å². The van der Waals surface area contributed by atoms with Gasteiger partial charge >= 0.3 is 0 Å². The summed E-state index contributed by atoms with van der Waals surface area (Å²) in [7, 11) is 1.65. The molecule has 0 radical (unpaired) electrons. The smallest absolute Gasteiger partial charge is 0.194 e. The van der Waals surface area contributed by atoms with Gasteiger partial charge in [-0.05, 0) is 61.3 Å². The van der Waals surface area contributed by atoms with Crippen LogP contribution in [0.15, 0.2) is 24.3 Å². The molecule has 0 bridgehead atoms. The summed E-state index contributed by atoms with van der Waals surface area (Å²) >= 11 is 6.23. The summed E-state index contributed by atoms with van der Waals surface area (Å²) in [5, 5.41) is 3.44. The number of benzene rings is 2. The Morgan fingerprint density at radius 1 is 0.952 bits per heavy atom. The number of nitrogens with one attached hydrogen (secondary N) is 1. The number of hydrogen-bond acceptors (Lipinski definition) is 1. The fraction of sp³-hybridized carbons (Fsp3) is 0.250. The first-order valence-electron chi connectivity index (χ1n) is 6.43. The van der Waals surface area contributed by atoms with Crippen molar-refractivity contribution in [2.75, 3.05) is 7.05 Å². The van der Waals surface area contributed by atoms with Crippen molar-refractivity contribution in [3.8, 4) is 0 Å². The van der Waals surface area contributed by atoms with Crippen LogP contribution in [0.25, 0.3) is 0 Å². The van der Waals surface area contributed by atoms with Gasteiger partial charge in [0.25, 0.3) is 0 Å². The standard InChI is InChI=1S/C16H15ClF3N/c1-8-4-11(12(17)5-9(8)2)16(21-3)10-6-13(18)15(20)14(19)7-10/h4-7,16,21H,1-3H3. The Morgan fingerprint density at radius 2 is 1.48 bits per heavy atom. The summed E-state index contributed by atoms with van der Waals surface area (Å²) in [5.41, 5.74) is 3.00. The van der Waals surface area contributed by atoms with E-state index in [1.807, 2.05) is 19.9 Å². The first-order chi connectivity index (χ1) is 9.85. The molecule has 21 heavy (non-hydrogen) atoms. The van der Waals surface area contributed by atoms with E-state index in [0.717, 1.165) is 23.3 Å². The van der Waals surface area contributed by atoms with E-state index < -0.39 is 23.5 Å². The topological polar surface area (TPSA) is 12.0 Å². The highest BCUT2D eigenvalue weighted by atomic mass is 35.5. The molecule has 1 atom stereocenters. The maximum atomic E-state index is 13.4. The second-order valence-electron chi connectivity index (χ2n) is 4.98. The van der Waals surface area contributed by atoms with E-state index in [1.165, 1.54) is 0 Å². The normalized spacial score (nSPS) is 12.5. The monoisotopic (exact) mass is 313 g/mol. The largest absolute Gasteiger partial charge is 0.309 e. The zero-order chi connectivity index (χ0) is 15.7. The van der Waals surface area contributed by atoms with Crippen molar-refractivity contribution in [1.82, 2.24) is 5.32 Å². The highest BCUT2D eigenvalue weighted by Crippen LogP contribution is 2.31. The van der Waals surface area contributed by atoms with Crippen LogP contribution in [-0.4, -0.2) is 7.05 Å². The molecule has 0 fully saturated rings. The molecule has 0 spiro atoms. The van der Waals surface area contributed by atoms with Crippen LogP contribution in [0.2, 0.25) is 5.02 Å². The molecule has 1 N–H and O–H groups in total. The van der Waals surface area contributed by atoms with Crippen molar-refractivity contribution in [2.45, 2.75) is 19.9 Å². The lowest BCUT2D eigenvalue weighted by molar-refractivity contribution is 0.443. The minimum Gasteiger partial charge on any atom is -0.309 e. The molecule has 0 saturated carbocycles. The van der Waals surface area contributed by atoms with E-state index >= 15 is 0 Å². The first kappa shape index (κ1) is 15.9. The molecule has 1 nitrogen and oxygen atoms in total. The molecule has 2 rings (SSSR count). The Bertz CT molecular complexity index is 662. The summed E-state index contributed by atoms with van der Waals surface area (Å²) in [4.78, 5) is 0. The SMILES string of the molecule is CNC(c1cc(F)c(F)c(F)c1)c1cc(C)c(C)cc1Cl. The number of aryl methyl sites for hydroxylation is 2. The van der Waals surface area contributed by atoms with Gasteiger partial charge in [0.1, 0.15) is 0 Å². The van der Waals surface area contributed by atoms with Crippen molar-refractivity contribution < 1.29 is 13.2 Å². The maximum absolute atomic E-state index is 13.4. The molecule has 0 aromatic heterocycles. The van der Waals surface area contributed by atoms with E-state index in [-0.39, 0.29) is 5.56 Å². The zero-order valence-corrected chi connectivity index (χ0v) is 12.7. The van der Waals surface area contributed by atoms with E-state index in [2.05, 4.69) is 5.32 Å². The predicted molar refractivity (Wildman–Crippen MR) is 78.1 cm³/mol. The van der Waals surface area contributed by atoms with Crippen LogP contribution in [0.4, 0.5) is 13.2 Å². The van der Waals surface area contributed by atoms with E-state index in [9.17, 15) is 13.2 Å². The van der Waals surface area contributed by atoms with Gasteiger partial charge in [0.05, 0.1) is 6.04 Å². The molecule has 0 heterocycles. The summed E-state index contributed by atoms with van der Waals surface area (Å²) in [5.74, 6) is -3.91. The van der Waals surface area contributed by atoms with E-state index in [0.29, 0.717) is 10.6 Å². The molecular weight excluding hydrogens is 299 g/mol. The quantitative estimate of drug-likeness (QED) is 0.811. The molecule has 0 saturated heterocycles. The van der Waals surface area contributed by atoms with Gasteiger partial charge in [-0.15, -0.1) is 0 Å². The molecule has 0 aliphatic rings.